The second-order valence-electron chi connectivity index (χ2n) is 5.66. The number of amides is 2. The summed E-state index contributed by atoms with van der Waals surface area (Å²) < 4.78 is 0.636. The van der Waals surface area contributed by atoms with Crippen LogP contribution in [-0.4, -0.2) is 27.8 Å². The van der Waals surface area contributed by atoms with Gasteiger partial charge in [0, 0.05) is 4.88 Å². The van der Waals surface area contributed by atoms with Crippen LogP contribution in [0.3, 0.4) is 0 Å². The van der Waals surface area contributed by atoms with Crippen LogP contribution in [0.25, 0.3) is 0 Å². The first-order valence-corrected chi connectivity index (χ1v) is 10.0. The fourth-order valence-electron chi connectivity index (χ4n) is 2.67. The summed E-state index contributed by atoms with van der Waals surface area (Å²) in [7, 11) is 0. The van der Waals surface area contributed by atoms with Crippen LogP contribution in [0.4, 0.5) is 10.1 Å². The molecule has 2 heterocycles. The van der Waals surface area contributed by atoms with E-state index in [1.165, 1.54) is 34.4 Å². The first kappa shape index (κ1) is 17.2. The molecule has 0 fully saturated rings. The maximum Gasteiger partial charge on any atom is 0.251 e. The van der Waals surface area contributed by atoms with Gasteiger partial charge in [0.05, 0.1) is 11.3 Å². The molecule has 2 aromatic heterocycles. The fraction of sp³-hybridized carbons (Fsp3) is 0.429. The monoisotopic (exact) mass is 383 g/mol. The lowest BCUT2D eigenvalue weighted by Gasteiger charge is -2.18. The van der Waals surface area contributed by atoms with Crippen molar-refractivity contribution in [1.82, 2.24) is 10.2 Å². The summed E-state index contributed by atoms with van der Waals surface area (Å²) >= 11 is 3.95. The average Bonchev–Trinajstić information content (AvgIpc) is 3.07. The third kappa shape index (κ3) is 3.70. The van der Waals surface area contributed by atoms with E-state index in [0.717, 1.165) is 29.7 Å². The van der Waals surface area contributed by atoms with Crippen LogP contribution < -0.4 is 16.8 Å². The molecule has 1 aliphatic carbocycles. The highest BCUT2D eigenvalue weighted by Gasteiger charge is 2.27. The van der Waals surface area contributed by atoms with Crippen LogP contribution in [0, 0.1) is 5.92 Å². The van der Waals surface area contributed by atoms with Crippen LogP contribution in [0.15, 0.2) is 4.34 Å². The van der Waals surface area contributed by atoms with Crippen LogP contribution >= 0.6 is 34.4 Å². The summed E-state index contributed by atoms with van der Waals surface area (Å²) in [5.74, 6) is 0.0647. The maximum absolute atomic E-state index is 12.2. The third-order valence-electron chi connectivity index (χ3n) is 3.76. The molecule has 0 saturated heterocycles. The van der Waals surface area contributed by atoms with E-state index in [2.05, 4.69) is 22.4 Å². The zero-order valence-corrected chi connectivity index (χ0v) is 15.4. The van der Waals surface area contributed by atoms with Gasteiger partial charge < -0.3 is 16.8 Å². The lowest BCUT2D eigenvalue weighted by molar-refractivity contribution is -0.113. The Kier molecular flexibility index (Phi) is 5.07. The van der Waals surface area contributed by atoms with Gasteiger partial charge in [-0.2, -0.15) is 0 Å². The number of primary amides is 1. The molecule has 24 heavy (non-hydrogen) atoms. The standard InChI is InChI=1S/C14H17N5O2S3/c1-6-2-3-7-8(4-6)23-12(10(7)11(15)21)17-9(20)5-22-14-19-18-13(16)24-14/h6H,2-5H2,1H3,(H2,15,21)(H2,16,18)(H,17,20)/t6-/m0/s1. The highest BCUT2D eigenvalue weighted by Crippen LogP contribution is 2.39. The van der Waals surface area contributed by atoms with E-state index in [1.54, 1.807) is 0 Å². The van der Waals surface area contributed by atoms with Gasteiger partial charge >= 0.3 is 0 Å². The molecule has 10 heteroatoms. The number of nitrogens with one attached hydrogen (secondary N) is 1. The smallest absolute Gasteiger partial charge is 0.251 e. The minimum Gasteiger partial charge on any atom is -0.374 e. The zero-order chi connectivity index (χ0) is 17.3. The quantitative estimate of drug-likeness (QED) is 0.680. The second-order valence-corrected chi connectivity index (χ2v) is 9.00. The Bertz CT molecular complexity index is 785. The Labute approximate surface area is 151 Å². The molecule has 0 radical (unpaired) electrons. The van der Waals surface area contributed by atoms with Crippen molar-refractivity contribution in [3.8, 4) is 0 Å². The molecule has 7 nitrogen and oxygen atoms in total. The molecule has 1 aliphatic rings. The molecule has 1 atom stereocenters. The summed E-state index contributed by atoms with van der Waals surface area (Å²) in [5.41, 5.74) is 12.5. The minimum absolute atomic E-state index is 0.172. The highest BCUT2D eigenvalue weighted by molar-refractivity contribution is 8.01. The summed E-state index contributed by atoms with van der Waals surface area (Å²) in [4.78, 5) is 25.2. The number of nitrogen functional groups attached to an aromatic ring is 1. The van der Waals surface area contributed by atoms with Crippen molar-refractivity contribution in [2.24, 2.45) is 11.7 Å². The molecular weight excluding hydrogens is 366 g/mol. The van der Waals surface area contributed by atoms with E-state index in [1.807, 2.05) is 0 Å². The average molecular weight is 384 g/mol. The van der Waals surface area contributed by atoms with Gasteiger partial charge in [0.2, 0.25) is 11.0 Å². The topological polar surface area (TPSA) is 124 Å². The summed E-state index contributed by atoms with van der Waals surface area (Å²) in [6.45, 7) is 2.19. The molecule has 128 valence electrons. The second kappa shape index (κ2) is 7.08. The summed E-state index contributed by atoms with van der Waals surface area (Å²) in [6, 6.07) is 0. The Morgan fingerprint density at radius 1 is 1.38 bits per heavy atom. The minimum atomic E-state index is -0.484. The number of anilines is 2. The lowest BCUT2D eigenvalue weighted by Crippen LogP contribution is -2.20. The fourth-order valence-corrected chi connectivity index (χ4v) is 5.54. The van der Waals surface area contributed by atoms with Crippen molar-refractivity contribution < 1.29 is 9.59 Å². The lowest BCUT2D eigenvalue weighted by atomic mass is 9.88. The summed E-state index contributed by atoms with van der Waals surface area (Å²) in [6.07, 6.45) is 2.79. The predicted molar refractivity (Wildman–Crippen MR) is 97.7 cm³/mol. The Balaban J connectivity index is 1.72. The number of nitrogens with two attached hydrogens (primary N) is 2. The van der Waals surface area contributed by atoms with E-state index in [0.29, 0.717) is 26.0 Å². The van der Waals surface area contributed by atoms with Crippen molar-refractivity contribution in [3.63, 3.8) is 0 Å². The van der Waals surface area contributed by atoms with Gasteiger partial charge in [-0.3, -0.25) is 9.59 Å². The molecule has 2 aromatic rings. The number of fused-ring (bicyclic) bond motifs is 1. The van der Waals surface area contributed by atoms with E-state index >= 15 is 0 Å². The largest absolute Gasteiger partial charge is 0.374 e. The van der Waals surface area contributed by atoms with Gasteiger partial charge in [-0.15, -0.1) is 21.5 Å². The van der Waals surface area contributed by atoms with Crippen LogP contribution in [0.2, 0.25) is 0 Å². The first-order valence-electron chi connectivity index (χ1n) is 7.40. The number of thioether (sulfide) groups is 1. The van der Waals surface area contributed by atoms with Crippen molar-refractivity contribution in [2.45, 2.75) is 30.5 Å². The van der Waals surface area contributed by atoms with Gasteiger partial charge in [-0.05, 0) is 30.7 Å². The number of thiophene rings is 1. The Morgan fingerprint density at radius 2 is 2.17 bits per heavy atom. The molecule has 0 spiro atoms. The molecule has 5 N–H and O–H groups in total. The van der Waals surface area contributed by atoms with Gasteiger partial charge in [0.1, 0.15) is 5.00 Å². The van der Waals surface area contributed by atoms with E-state index in [9.17, 15) is 9.59 Å². The van der Waals surface area contributed by atoms with Crippen molar-refractivity contribution >= 4 is 56.4 Å². The van der Waals surface area contributed by atoms with Gasteiger partial charge in [0.15, 0.2) is 4.34 Å². The Hall–Kier alpha value is -1.65. The normalized spacial score (nSPS) is 16.6. The molecule has 0 aromatic carbocycles. The summed E-state index contributed by atoms with van der Waals surface area (Å²) in [5, 5.41) is 11.3. The number of hydrogen-bond acceptors (Lipinski definition) is 8. The van der Waals surface area contributed by atoms with Crippen molar-refractivity contribution in [1.29, 1.82) is 0 Å². The Morgan fingerprint density at radius 3 is 2.83 bits per heavy atom. The maximum atomic E-state index is 12.2. The van der Waals surface area contributed by atoms with Gasteiger partial charge in [0.25, 0.3) is 5.91 Å². The molecular formula is C14H17N5O2S3. The van der Waals surface area contributed by atoms with E-state index in [4.69, 9.17) is 11.5 Å². The highest BCUT2D eigenvalue weighted by atomic mass is 32.2. The van der Waals surface area contributed by atoms with Crippen molar-refractivity contribution in [3.05, 3.63) is 16.0 Å². The van der Waals surface area contributed by atoms with Gasteiger partial charge in [-0.25, -0.2) is 0 Å². The molecule has 2 amide bonds. The molecule has 0 unspecified atom stereocenters. The molecule has 0 saturated carbocycles. The van der Waals surface area contributed by atoms with Crippen LogP contribution in [0.5, 0.6) is 0 Å². The molecule has 0 bridgehead atoms. The van der Waals surface area contributed by atoms with Crippen LogP contribution in [0.1, 0.15) is 34.1 Å². The number of rotatable bonds is 5. The SMILES string of the molecule is C[C@H]1CCc2c(sc(NC(=O)CSc3nnc(N)s3)c2C(N)=O)C1. The number of aromatic nitrogens is 2. The number of nitrogens with zero attached hydrogens (tertiary/aromatic N) is 2. The number of carbonyl (C=O) groups is 2. The van der Waals surface area contributed by atoms with E-state index < -0.39 is 5.91 Å². The van der Waals surface area contributed by atoms with Crippen LogP contribution in [-0.2, 0) is 17.6 Å². The molecule has 3 rings (SSSR count). The predicted octanol–water partition coefficient (Wildman–Crippen LogP) is 2.14. The van der Waals surface area contributed by atoms with E-state index in [-0.39, 0.29) is 11.7 Å². The zero-order valence-electron chi connectivity index (χ0n) is 13.0. The third-order valence-corrected chi connectivity index (χ3v) is 6.82. The van der Waals surface area contributed by atoms with Gasteiger partial charge in [-0.1, -0.05) is 30.0 Å². The number of carbonyl (C=O) groups excluding carboxylic acids is 2. The first-order chi connectivity index (χ1) is 11.4. The van der Waals surface area contributed by atoms with Crippen molar-refractivity contribution in [2.75, 3.05) is 16.8 Å². The number of hydrogen-bond donors (Lipinski definition) is 3. The molecule has 0 aliphatic heterocycles.